The van der Waals surface area contributed by atoms with Gasteiger partial charge in [0.1, 0.15) is 0 Å². The van der Waals surface area contributed by atoms with Crippen LogP contribution in [0.15, 0.2) is 0 Å². The Labute approximate surface area is 56.8 Å². The van der Waals surface area contributed by atoms with Crippen LogP contribution in [0.1, 0.15) is 13.8 Å². The molecule has 0 radical (unpaired) electrons. The number of epoxide rings is 1. The molecule has 0 aliphatic carbocycles. The predicted octanol–water partition coefficient (Wildman–Crippen LogP) is 0.725. The summed E-state index contributed by atoms with van der Waals surface area (Å²) in [6.45, 7) is 6.46. The van der Waals surface area contributed by atoms with Crippen LogP contribution in [0.4, 0.5) is 0 Å². The monoisotopic (exact) mass is 129 g/mol. The van der Waals surface area contributed by atoms with Crippen LogP contribution in [-0.4, -0.2) is 37.2 Å². The van der Waals surface area contributed by atoms with E-state index in [9.17, 15) is 0 Å². The van der Waals surface area contributed by atoms with E-state index in [4.69, 9.17) is 4.74 Å². The molecule has 1 rings (SSSR count). The van der Waals surface area contributed by atoms with Gasteiger partial charge < -0.3 is 9.64 Å². The molecular formula is C7H15NO. The summed E-state index contributed by atoms with van der Waals surface area (Å²) >= 11 is 0. The molecule has 9 heavy (non-hydrogen) atoms. The van der Waals surface area contributed by atoms with Crippen molar-refractivity contribution in [1.29, 1.82) is 0 Å². The van der Waals surface area contributed by atoms with Crippen molar-refractivity contribution in [3.63, 3.8) is 0 Å². The van der Waals surface area contributed by atoms with Gasteiger partial charge in [-0.3, -0.25) is 0 Å². The summed E-state index contributed by atoms with van der Waals surface area (Å²) < 4.78 is 5.09. The summed E-state index contributed by atoms with van der Waals surface area (Å²) in [4.78, 5) is 2.30. The van der Waals surface area contributed by atoms with Gasteiger partial charge in [-0.15, -0.1) is 0 Å². The van der Waals surface area contributed by atoms with E-state index in [-0.39, 0.29) is 0 Å². The Morgan fingerprint density at radius 2 is 2.22 bits per heavy atom. The summed E-state index contributed by atoms with van der Waals surface area (Å²) in [5.41, 5.74) is 0. The highest BCUT2D eigenvalue weighted by Gasteiger charge is 2.24. The Morgan fingerprint density at radius 1 is 1.67 bits per heavy atom. The number of rotatable bonds is 3. The molecule has 1 aliphatic heterocycles. The standard InChI is InChI=1S/C7H15NO/c1-6(2)8(3)4-7-5-9-7/h6-7H,4-5H2,1-3H3/t7-/m0/s1. The Balaban J connectivity index is 2.09. The van der Waals surface area contributed by atoms with Gasteiger partial charge in [0.2, 0.25) is 0 Å². The molecule has 0 spiro atoms. The fourth-order valence-corrected chi connectivity index (χ4v) is 0.705. The molecule has 1 atom stereocenters. The molecule has 0 N–H and O–H groups in total. The molecule has 1 heterocycles. The number of hydrogen-bond acceptors (Lipinski definition) is 2. The maximum absolute atomic E-state index is 5.09. The first kappa shape index (κ1) is 7.03. The zero-order valence-corrected chi connectivity index (χ0v) is 6.42. The summed E-state index contributed by atoms with van der Waals surface area (Å²) in [5, 5.41) is 0. The molecule has 1 fully saturated rings. The van der Waals surface area contributed by atoms with E-state index in [1.807, 2.05) is 0 Å². The first-order chi connectivity index (χ1) is 4.20. The van der Waals surface area contributed by atoms with Gasteiger partial charge in [0.05, 0.1) is 12.7 Å². The fourth-order valence-electron chi connectivity index (χ4n) is 0.705. The molecular weight excluding hydrogens is 114 g/mol. The highest BCUT2D eigenvalue weighted by molar-refractivity contribution is 4.73. The van der Waals surface area contributed by atoms with Crippen LogP contribution in [0, 0.1) is 0 Å². The van der Waals surface area contributed by atoms with Crippen LogP contribution in [0.2, 0.25) is 0 Å². The molecule has 0 aromatic carbocycles. The van der Waals surface area contributed by atoms with E-state index in [2.05, 4.69) is 25.8 Å². The molecule has 0 amide bonds. The van der Waals surface area contributed by atoms with Crippen LogP contribution < -0.4 is 0 Å². The second kappa shape index (κ2) is 2.67. The number of likely N-dealkylation sites (N-methyl/N-ethyl adjacent to an activating group) is 1. The van der Waals surface area contributed by atoms with Gasteiger partial charge in [-0.2, -0.15) is 0 Å². The molecule has 2 nitrogen and oxygen atoms in total. The van der Waals surface area contributed by atoms with Crippen LogP contribution in [0.5, 0.6) is 0 Å². The van der Waals surface area contributed by atoms with Crippen molar-refractivity contribution in [3.05, 3.63) is 0 Å². The van der Waals surface area contributed by atoms with E-state index in [1.165, 1.54) is 0 Å². The van der Waals surface area contributed by atoms with E-state index >= 15 is 0 Å². The topological polar surface area (TPSA) is 15.8 Å². The normalized spacial score (nSPS) is 25.7. The highest BCUT2D eigenvalue weighted by atomic mass is 16.6. The van der Waals surface area contributed by atoms with E-state index < -0.39 is 0 Å². The molecule has 1 saturated heterocycles. The molecule has 0 aromatic rings. The maximum atomic E-state index is 5.09. The van der Waals surface area contributed by atoms with Gasteiger partial charge in [0.25, 0.3) is 0 Å². The Hall–Kier alpha value is -0.0800. The largest absolute Gasteiger partial charge is 0.372 e. The summed E-state index contributed by atoms with van der Waals surface area (Å²) in [6.07, 6.45) is 0.539. The van der Waals surface area contributed by atoms with Crippen LogP contribution >= 0.6 is 0 Å². The molecule has 2 heteroatoms. The lowest BCUT2D eigenvalue weighted by atomic mass is 10.3. The van der Waals surface area contributed by atoms with E-state index in [1.54, 1.807) is 0 Å². The van der Waals surface area contributed by atoms with Gasteiger partial charge in [0.15, 0.2) is 0 Å². The zero-order chi connectivity index (χ0) is 6.85. The Morgan fingerprint density at radius 3 is 2.56 bits per heavy atom. The maximum Gasteiger partial charge on any atom is 0.0936 e. The number of hydrogen-bond donors (Lipinski definition) is 0. The van der Waals surface area contributed by atoms with Crippen molar-refractivity contribution in [3.8, 4) is 0 Å². The third-order valence-corrected chi connectivity index (χ3v) is 1.78. The van der Waals surface area contributed by atoms with Crippen molar-refractivity contribution >= 4 is 0 Å². The summed E-state index contributed by atoms with van der Waals surface area (Å²) in [6, 6.07) is 0.647. The first-order valence-corrected chi connectivity index (χ1v) is 3.52. The molecule has 1 aliphatic rings. The fraction of sp³-hybridized carbons (Fsp3) is 1.00. The van der Waals surface area contributed by atoms with Crippen LogP contribution in [-0.2, 0) is 4.74 Å². The van der Waals surface area contributed by atoms with Gasteiger partial charge in [-0.05, 0) is 20.9 Å². The average molecular weight is 129 g/mol. The van der Waals surface area contributed by atoms with Gasteiger partial charge in [0, 0.05) is 12.6 Å². The van der Waals surface area contributed by atoms with Gasteiger partial charge >= 0.3 is 0 Å². The van der Waals surface area contributed by atoms with E-state index in [0.29, 0.717) is 12.1 Å². The minimum atomic E-state index is 0.539. The van der Waals surface area contributed by atoms with Crippen molar-refractivity contribution in [1.82, 2.24) is 4.90 Å². The lowest BCUT2D eigenvalue weighted by Gasteiger charge is -2.19. The van der Waals surface area contributed by atoms with Crippen LogP contribution in [0.3, 0.4) is 0 Å². The van der Waals surface area contributed by atoms with Gasteiger partial charge in [-0.25, -0.2) is 0 Å². The molecule has 0 saturated carbocycles. The Kier molecular flexibility index (Phi) is 2.09. The number of nitrogens with zero attached hydrogens (tertiary/aromatic N) is 1. The summed E-state index contributed by atoms with van der Waals surface area (Å²) in [7, 11) is 2.13. The number of ether oxygens (including phenoxy) is 1. The van der Waals surface area contributed by atoms with E-state index in [0.717, 1.165) is 13.2 Å². The lowest BCUT2D eigenvalue weighted by molar-refractivity contribution is 0.242. The molecule has 54 valence electrons. The zero-order valence-electron chi connectivity index (χ0n) is 6.42. The second-order valence-electron chi connectivity index (χ2n) is 2.99. The molecule has 0 aromatic heterocycles. The lowest BCUT2D eigenvalue weighted by Crippen LogP contribution is -2.29. The highest BCUT2D eigenvalue weighted by Crippen LogP contribution is 2.10. The smallest absolute Gasteiger partial charge is 0.0936 e. The molecule has 0 unspecified atom stereocenters. The van der Waals surface area contributed by atoms with Crippen molar-refractivity contribution < 1.29 is 4.74 Å². The van der Waals surface area contributed by atoms with Gasteiger partial charge in [-0.1, -0.05) is 0 Å². The minimum Gasteiger partial charge on any atom is -0.372 e. The third-order valence-electron chi connectivity index (χ3n) is 1.78. The van der Waals surface area contributed by atoms with Crippen molar-refractivity contribution in [2.45, 2.75) is 26.0 Å². The second-order valence-corrected chi connectivity index (χ2v) is 2.99. The quantitative estimate of drug-likeness (QED) is 0.522. The van der Waals surface area contributed by atoms with Crippen molar-refractivity contribution in [2.24, 2.45) is 0 Å². The summed E-state index contributed by atoms with van der Waals surface area (Å²) in [5.74, 6) is 0. The SMILES string of the molecule is CC(C)N(C)C[C@H]1CO1. The Bertz CT molecular complexity index is 88.9. The average Bonchev–Trinajstić information content (AvgIpc) is 2.50. The minimum absolute atomic E-state index is 0.539. The third kappa shape index (κ3) is 2.33. The van der Waals surface area contributed by atoms with Crippen molar-refractivity contribution in [2.75, 3.05) is 20.2 Å². The first-order valence-electron chi connectivity index (χ1n) is 3.52. The predicted molar refractivity (Wildman–Crippen MR) is 37.5 cm³/mol. The van der Waals surface area contributed by atoms with Crippen LogP contribution in [0.25, 0.3) is 0 Å². The molecule has 0 bridgehead atoms.